The van der Waals surface area contributed by atoms with Crippen molar-refractivity contribution in [1.29, 1.82) is 0 Å². The Kier molecular flexibility index (Phi) is 4.39. The summed E-state index contributed by atoms with van der Waals surface area (Å²) in [5.74, 6) is 1.07. The predicted molar refractivity (Wildman–Crippen MR) is 58.0 cm³/mol. The normalized spacial score (nSPS) is 26.9. The first kappa shape index (κ1) is 11.5. The minimum atomic E-state index is 0.183. The third-order valence-corrected chi connectivity index (χ3v) is 2.88. The molecule has 2 atom stereocenters. The van der Waals surface area contributed by atoms with E-state index in [1.807, 2.05) is 0 Å². The topological polar surface area (TPSA) is 41.1 Å². The van der Waals surface area contributed by atoms with Crippen molar-refractivity contribution in [2.75, 3.05) is 13.1 Å². The first-order chi connectivity index (χ1) is 6.61. The van der Waals surface area contributed by atoms with E-state index in [2.05, 4.69) is 31.4 Å². The van der Waals surface area contributed by atoms with Crippen molar-refractivity contribution in [1.82, 2.24) is 10.6 Å². The van der Waals surface area contributed by atoms with Gasteiger partial charge in [-0.2, -0.15) is 0 Å². The summed E-state index contributed by atoms with van der Waals surface area (Å²) in [6, 6.07) is 0.342. The van der Waals surface area contributed by atoms with Gasteiger partial charge in [-0.25, -0.2) is 0 Å². The van der Waals surface area contributed by atoms with Crippen LogP contribution in [0.2, 0.25) is 0 Å². The Balaban J connectivity index is 2.21. The second-order valence-corrected chi connectivity index (χ2v) is 4.61. The summed E-state index contributed by atoms with van der Waals surface area (Å²) in [4.78, 5) is 11.7. The monoisotopic (exact) mass is 198 g/mol. The van der Waals surface area contributed by atoms with E-state index in [4.69, 9.17) is 0 Å². The van der Waals surface area contributed by atoms with Crippen molar-refractivity contribution in [3.63, 3.8) is 0 Å². The number of rotatable bonds is 4. The van der Waals surface area contributed by atoms with Crippen LogP contribution in [0, 0.1) is 11.8 Å². The van der Waals surface area contributed by atoms with Crippen LogP contribution < -0.4 is 10.6 Å². The zero-order valence-corrected chi connectivity index (χ0v) is 9.47. The van der Waals surface area contributed by atoms with Crippen LogP contribution in [0.15, 0.2) is 0 Å². The molecule has 1 rings (SSSR count). The van der Waals surface area contributed by atoms with Crippen molar-refractivity contribution in [2.24, 2.45) is 11.8 Å². The fourth-order valence-electron chi connectivity index (χ4n) is 1.83. The molecule has 1 amide bonds. The summed E-state index contributed by atoms with van der Waals surface area (Å²) in [7, 11) is 0. The van der Waals surface area contributed by atoms with Crippen molar-refractivity contribution in [2.45, 2.75) is 39.7 Å². The van der Waals surface area contributed by atoms with Crippen LogP contribution >= 0.6 is 0 Å². The van der Waals surface area contributed by atoms with Gasteiger partial charge >= 0.3 is 0 Å². The molecule has 1 saturated heterocycles. The Morgan fingerprint density at radius 3 is 2.79 bits per heavy atom. The van der Waals surface area contributed by atoms with Gasteiger partial charge in [0.25, 0.3) is 0 Å². The van der Waals surface area contributed by atoms with Crippen LogP contribution in [0.4, 0.5) is 0 Å². The summed E-state index contributed by atoms with van der Waals surface area (Å²) >= 11 is 0. The van der Waals surface area contributed by atoms with Gasteiger partial charge in [0.2, 0.25) is 5.91 Å². The van der Waals surface area contributed by atoms with Gasteiger partial charge in [-0.05, 0) is 32.2 Å². The average molecular weight is 198 g/mol. The van der Waals surface area contributed by atoms with Gasteiger partial charge in [-0.1, -0.05) is 13.8 Å². The highest BCUT2D eigenvalue weighted by Gasteiger charge is 2.28. The number of hydrogen-bond donors (Lipinski definition) is 2. The van der Waals surface area contributed by atoms with Gasteiger partial charge < -0.3 is 10.6 Å². The summed E-state index contributed by atoms with van der Waals surface area (Å²) in [5, 5.41) is 6.30. The molecule has 0 radical (unpaired) electrons. The molecule has 0 aromatic rings. The molecule has 0 spiro atoms. The van der Waals surface area contributed by atoms with Crippen LogP contribution in [0.5, 0.6) is 0 Å². The van der Waals surface area contributed by atoms with E-state index in [0.29, 0.717) is 12.0 Å². The number of amides is 1. The van der Waals surface area contributed by atoms with E-state index in [9.17, 15) is 4.79 Å². The Labute approximate surface area is 86.6 Å². The first-order valence-corrected chi connectivity index (χ1v) is 5.62. The molecule has 1 aliphatic heterocycles. The third-order valence-electron chi connectivity index (χ3n) is 2.88. The second kappa shape index (κ2) is 5.35. The van der Waals surface area contributed by atoms with Gasteiger partial charge in [0.1, 0.15) is 0 Å². The van der Waals surface area contributed by atoms with Crippen LogP contribution in [-0.4, -0.2) is 25.0 Å². The standard InChI is InChI=1S/C11H22N2O/c1-8(2)4-6-13-11(14)10-5-7-12-9(10)3/h8-10,12H,4-7H2,1-3H3,(H,13,14). The third kappa shape index (κ3) is 3.29. The summed E-state index contributed by atoms with van der Waals surface area (Å²) in [6.07, 6.45) is 2.05. The molecule has 0 saturated carbocycles. The Bertz CT molecular complexity index is 192. The summed E-state index contributed by atoms with van der Waals surface area (Å²) in [6.45, 7) is 8.22. The zero-order chi connectivity index (χ0) is 10.6. The molecule has 82 valence electrons. The van der Waals surface area contributed by atoms with Crippen LogP contribution in [0.3, 0.4) is 0 Å². The average Bonchev–Trinajstić information content (AvgIpc) is 2.50. The van der Waals surface area contributed by atoms with Crippen LogP contribution in [-0.2, 0) is 4.79 Å². The molecule has 0 bridgehead atoms. The van der Waals surface area contributed by atoms with Gasteiger partial charge in [-0.15, -0.1) is 0 Å². The van der Waals surface area contributed by atoms with Gasteiger partial charge in [0, 0.05) is 12.6 Å². The van der Waals surface area contributed by atoms with Gasteiger partial charge in [-0.3, -0.25) is 4.79 Å². The largest absolute Gasteiger partial charge is 0.356 e. The fraction of sp³-hybridized carbons (Fsp3) is 0.909. The minimum Gasteiger partial charge on any atom is -0.356 e. The van der Waals surface area contributed by atoms with Gasteiger partial charge in [0.15, 0.2) is 0 Å². The van der Waals surface area contributed by atoms with Crippen molar-refractivity contribution < 1.29 is 4.79 Å². The molecule has 1 aliphatic rings. The molecule has 3 nitrogen and oxygen atoms in total. The van der Waals surface area contributed by atoms with E-state index in [0.717, 1.165) is 25.9 Å². The van der Waals surface area contributed by atoms with Crippen LogP contribution in [0.1, 0.15) is 33.6 Å². The molecule has 3 heteroatoms. The molecule has 1 heterocycles. The highest BCUT2D eigenvalue weighted by Crippen LogP contribution is 2.14. The summed E-state index contributed by atoms with van der Waals surface area (Å²) < 4.78 is 0. The Morgan fingerprint density at radius 2 is 2.29 bits per heavy atom. The second-order valence-electron chi connectivity index (χ2n) is 4.61. The molecule has 0 aliphatic carbocycles. The maximum Gasteiger partial charge on any atom is 0.224 e. The molecule has 14 heavy (non-hydrogen) atoms. The predicted octanol–water partition coefficient (Wildman–Crippen LogP) is 1.15. The molecular weight excluding hydrogens is 176 g/mol. The van der Waals surface area contributed by atoms with Crippen molar-refractivity contribution in [3.8, 4) is 0 Å². The lowest BCUT2D eigenvalue weighted by molar-refractivity contribution is -0.125. The SMILES string of the molecule is CC(C)CCNC(=O)C1CCNC1C. The first-order valence-electron chi connectivity index (χ1n) is 5.62. The number of nitrogens with one attached hydrogen (secondary N) is 2. The summed E-state index contributed by atoms with van der Waals surface area (Å²) in [5.41, 5.74) is 0. The molecule has 2 unspecified atom stereocenters. The van der Waals surface area contributed by atoms with Crippen molar-refractivity contribution in [3.05, 3.63) is 0 Å². The fourth-order valence-corrected chi connectivity index (χ4v) is 1.83. The minimum absolute atomic E-state index is 0.183. The van der Waals surface area contributed by atoms with E-state index in [-0.39, 0.29) is 11.8 Å². The number of carbonyl (C=O) groups excluding carboxylic acids is 1. The highest BCUT2D eigenvalue weighted by molar-refractivity contribution is 5.79. The van der Waals surface area contributed by atoms with Crippen LogP contribution in [0.25, 0.3) is 0 Å². The van der Waals surface area contributed by atoms with E-state index >= 15 is 0 Å². The van der Waals surface area contributed by atoms with E-state index in [1.54, 1.807) is 0 Å². The smallest absolute Gasteiger partial charge is 0.224 e. The highest BCUT2D eigenvalue weighted by atomic mass is 16.1. The number of carbonyl (C=O) groups is 1. The zero-order valence-electron chi connectivity index (χ0n) is 9.47. The van der Waals surface area contributed by atoms with Gasteiger partial charge in [0.05, 0.1) is 5.92 Å². The molecular formula is C11H22N2O. The lowest BCUT2D eigenvalue weighted by atomic mass is 10.0. The maximum absolute atomic E-state index is 11.7. The molecule has 2 N–H and O–H groups in total. The van der Waals surface area contributed by atoms with Crippen molar-refractivity contribution >= 4 is 5.91 Å². The lowest BCUT2D eigenvalue weighted by Crippen LogP contribution is -2.37. The molecule has 0 aromatic heterocycles. The lowest BCUT2D eigenvalue weighted by Gasteiger charge is -2.15. The quantitative estimate of drug-likeness (QED) is 0.711. The Hall–Kier alpha value is -0.570. The molecule has 0 aromatic carbocycles. The number of hydrogen-bond acceptors (Lipinski definition) is 2. The Morgan fingerprint density at radius 1 is 1.57 bits per heavy atom. The molecule has 1 fully saturated rings. The maximum atomic E-state index is 11.7. The van der Waals surface area contributed by atoms with E-state index in [1.165, 1.54) is 0 Å². The van der Waals surface area contributed by atoms with E-state index < -0.39 is 0 Å².